The molecule has 0 unspecified atom stereocenters. The minimum atomic E-state index is -2.21. The normalized spacial score (nSPS) is 16.4. The molecule has 11 amide bonds. The lowest BCUT2D eigenvalue weighted by molar-refractivity contribution is -0.142. The number of nitrogens with zero attached hydrogens (tertiary/aromatic N) is 3. The minimum absolute atomic E-state index is 0.0228. The molecule has 672 valence electrons. The lowest BCUT2D eigenvalue weighted by atomic mass is 10.0. The van der Waals surface area contributed by atoms with Gasteiger partial charge in [0.2, 0.25) is 65.0 Å². The summed E-state index contributed by atoms with van der Waals surface area (Å²) < 4.78 is 0. The van der Waals surface area contributed by atoms with Crippen molar-refractivity contribution in [2.75, 3.05) is 62.0 Å². The van der Waals surface area contributed by atoms with Gasteiger partial charge in [0.05, 0.1) is 56.6 Å². The molecule has 0 saturated heterocycles. The standard InChI is InChI=1S/C68H105N17O33S2/c1-28(75-59(109)29-3-5-30(6-4-29)70-18-31-19-74-58-51(76-31)66(116)85-68(69)84-58)2-12-48(98)77-32(7-13-45(95)71-20-39(89)52(103)55(106)42(92)23-86)60(110)80-35(10-16-49(99)100)61(111)78-33(8-14-46(96)72-21-40(90)53(104)56(107)43(93)24-87)63(113)82-37(26-119)65(115)81-36(11-17-50(101)102)62(112)79-34(64(114)83-38(27-120)67(117)118)9-15-47(97)73-22-41(91)54(105)57(108)44(94)25-88/h3-6,19,28,32-44,52-57,70,86-94,103-108,119-120H,2,7-18,20-27H2,1H3,(H,71,95)(H,72,96)(H,73,97)(H,75,109)(H,77,98)(H,78,111)(H,79,112)(H,80,110)(H,81,115)(H,82,113)(H,83,114)(H,99,100)(H,101,102)(H,117,118)(H3,69,74,84,85,116)/t28-,32+,33+,34+,35+,36+,37+,38+,39+,40+,41+,42-,43-,44-,52-,53-,54-,55-,56-,57-/m1/s1. The quantitative estimate of drug-likeness (QED) is 0.0233. The molecule has 120 heavy (non-hydrogen) atoms. The van der Waals surface area contributed by atoms with Crippen LogP contribution in [0.4, 0.5) is 11.6 Å². The number of benzene rings is 1. The Labute approximate surface area is 691 Å². The number of aliphatic hydroxyl groups is 15. The molecule has 20 atom stereocenters. The highest BCUT2D eigenvalue weighted by Gasteiger charge is 2.38. The number of aromatic amines is 1. The van der Waals surface area contributed by atoms with Crippen molar-refractivity contribution in [1.29, 1.82) is 0 Å². The molecule has 0 saturated carbocycles. The third-order valence-electron chi connectivity index (χ3n) is 17.9. The predicted molar refractivity (Wildman–Crippen MR) is 415 cm³/mol. The second-order valence-corrected chi connectivity index (χ2v) is 28.0. The number of aliphatic carboxylic acids is 3. The summed E-state index contributed by atoms with van der Waals surface area (Å²) in [5.74, 6) is -19.5. The van der Waals surface area contributed by atoms with Crippen molar-refractivity contribution in [2.24, 2.45) is 0 Å². The first-order chi connectivity index (χ1) is 56.5. The second-order valence-electron chi connectivity index (χ2n) is 27.3. The molecule has 52 heteroatoms. The van der Waals surface area contributed by atoms with Gasteiger partial charge in [-0.2, -0.15) is 30.2 Å². The average Bonchev–Trinajstić information content (AvgIpc) is 0.809. The third-order valence-corrected chi connectivity index (χ3v) is 18.6. The van der Waals surface area contributed by atoms with Crippen LogP contribution in [0.2, 0.25) is 0 Å². The number of rotatable bonds is 57. The fourth-order valence-corrected chi connectivity index (χ4v) is 11.2. The molecule has 2 aromatic heterocycles. The van der Waals surface area contributed by atoms with Crippen molar-refractivity contribution < 1.29 is 159 Å². The summed E-state index contributed by atoms with van der Waals surface area (Å²) >= 11 is 7.99. The summed E-state index contributed by atoms with van der Waals surface area (Å²) in [6, 6.07) is -8.66. The van der Waals surface area contributed by atoms with E-state index in [1.54, 1.807) is 12.1 Å². The number of nitrogen functional groups attached to an aromatic ring is 1. The molecule has 3 aromatic rings. The molecule has 0 spiro atoms. The van der Waals surface area contributed by atoms with Crippen LogP contribution in [0.1, 0.15) is 100 Å². The summed E-state index contributed by atoms with van der Waals surface area (Å²) in [5, 5.41) is 206. The van der Waals surface area contributed by atoms with Crippen LogP contribution >= 0.6 is 25.3 Å². The molecule has 33 N–H and O–H groups in total. The van der Waals surface area contributed by atoms with Crippen LogP contribution in [-0.4, -0.2) is 367 Å². The van der Waals surface area contributed by atoms with Crippen molar-refractivity contribution in [3.8, 4) is 0 Å². The van der Waals surface area contributed by atoms with Crippen LogP contribution in [0.3, 0.4) is 0 Å². The lowest BCUT2D eigenvalue weighted by Crippen LogP contribution is -2.60. The topological polar surface area (TPSA) is 845 Å². The largest absolute Gasteiger partial charge is 0.481 e. The van der Waals surface area contributed by atoms with Crippen LogP contribution < -0.4 is 75.1 Å². The van der Waals surface area contributed by atoms with Gasteiger partial charge in [0.1, 0.15) is 97.2 Å². The molecule has 0 aliphatic carbocycles. The Morgan fingerprint density at radius 2 is 0.758 bits per heavy atom. The van der Waals surface area contributed by atoms with Crippen LogP contribution in [0.15, 0.2) is 35.3 Å². The van der Waals surface area contributed by atoms with Gasteiger partial charge < -0.3 is 161 Å². The van der Waals surface area contributed by atoms with Crippen molar-refractivity contribution in [3.63, 3.8) is 0 Å². The number of amides is 11. The number of aliphatic hydroxyl groups excluding tert-OH is 15. The number of aromatic nitrogens is 4. The van der Waals surface area contributed by atoms with E-state index in [0.29, 0.717) is 11.4 Å². The summed E-state index contributed by atoms with van der Waals surface area (Å²) in [5.41, 5.74) is 5.93. The number of carboxylic acid groups (broad SMARTS) is 3. The molecule has 0 bridgehead atoms. The van der Waals surface area contributed by atoms with E-state index in [-0.39, 0.29) is 35.6 Å². The Hall–Kier alpha value is -10.3. The van der Waals surface area contributed by atoms with Crippen molar-refractivity contribution in [2.45, 2.75) is 212 Å². The highest BCUT2D eigenvalue weighted by molar-refractivity contribution is 7.80. The summed E-state index contributed by atoms with van der Waals surface area (Å²) in [4.78, 5) is 215. The van der Waals surface area contributed by atoms with Crippen molar-refractivity contribution in [3.05, 3.63) is 52.1 Å². The molecule has 2 heterocycles. The second kappa shape index (κ2) is 52.7. The number of fused-ring (bicyclic) bond motifs is 1. The van der Waals surface area contributed by atoms with E-state index in [9.17, 15) is 159 Å². The number of carbonyl (C=O) groups is 14. The lowest BCUT2D eigenvalue weighted by Gasteiger charge is -2.27. The summed E-state index contributed by atoms with van der Waals surface area (Å²) in [7, 11) is 0. The zero-order chi connectivity index (χ0) is 90.4. The number of nitrogens with one attached hydrogen (secondary N) is 13. The number of nitrogens with two attached hydrogens (primary N) is 1. The number of carbonyl (C=O) groups excluding carboxylic acids is 11. The van der Waals surface area contributed by atoms with Crippen LogP contribution in [-0.2, 0) is 68.9 Å². The summed E-state index contributed by atoms with van der Waals surface area (Å²) in [6.07, 6.45) is -32.5. The Bertz CT molecular complexity index is 3980. The maximum atomic E-state index is 14.6. The molecule has 0 fully saturated rings. The van der Waals surface area contributed by atoms with E-state index in [4.69, 9.17) is 10.8 Å². The number of thiol groups is 2. The van der Waals surface area contributed by atoms with Gasteiger partial charge in [-0.05, 0) is 69.7 Å². The molecular formula is C68H105N17O33S2. The predicted octanol–water partition coefficient (Wildman–Crippen LogP) is -14.1. The number of hydrogen-bond acceptors (Lipinski definition) is 37. The molecule has 0 radical (unpaired) electrons. The SMILES string of the molecule is C[C@H](CCC(=O)N[C@@H](CCC(=O)NC[C@H](O)[C@@H](O)[C@H](O)[C@H](O)CO)C(=O)N[C@@H](CCC(=O)O)C(=O)N[C@@H](CCC(=O)NC[C@H](O)[C@@H](O)[C@H](O)[C@H](O)CO)C(=O)N[C@@H](CS)C(=O)N[C@@H](CCC(=O)O)C(=O)N[C@@H](CCC(=O)NC[C@H](O)[C@@H](O)[C@H](O)[C@H](O)CO)C(=O)N[C@@H](CS)C(=O)O)NC(=O)c1ccc(NCc2cnc3nc(N)[nH]c(=O)c3n2)cc1. The Kier molecular flexibility index (Phi) is 45.6. The first kappa shape index (κ1) is 104. The van der Waals surface area contributed by atoms with E-state index < -0.39 is 332 Å². The minimum Gasteiger partial charge on any atom is -0.481 e. The average molecular weight is 1750 g/mol. The maximum absolute atomic E-state index is 14.6. The van der Waals surface area contributed by atoms with Gasteiger partial charge in [-0.1, -0.05) is 0 Å². The fourth-order valence-electron chi connectivity index (χ4n) is 10.7. The first-order valence-electron chi connectivity index (χ1n) is 36.9. The number of anilines is 2. The third kappa shape index (κ3) is 36.0. The molecule has 1 aromatic carbocycles. The molecular weight excluding hydrogens is 1650 g/mol. The Morgan fingerprint density at radius 3 is 1.12 bits per heavy atom. The van der Waals surface area contributed by atoms with Gasteiger partial charge in [-0.3, -0.25) is 72.1 Å². The zero-order valence-electron chi connectivity index (χ0n) is 64.3. The number of H-pyrrole nitrogens is 1. The van der Waals surface area contributed by atoms with E-state index in [1.165, 1.54) is 25.3 Å². The van der Waals surface area contributed by atoms with Crippen LogP contribution in [0.25, 0.3) is 11.2 Å². The van der Waals surface area contributed by atoms with Gasteiger partial charge in [-0.15, -0.1) is 0 Å². The van der Waals surface area contributed by atoms with Crippen molar-refractivity contribution in [1.82, 2.24) is 78.4 Å². The van der Waals surface area contributed by atoms with Gasteiger partial charge in [0.15, 0.2) is 11.2 Å². The molecule has 0 aliphatic rings. The maximum Gasteiger partial charge on any atom is 0.327 e. The smallest absolute Gasteiger partial charge is 0.327 e. The fraction of sp³-hybridized carbons (Fsp3) is 0.618. The van der Waals surface area contributed by atoms with Gasteiger partial charge in [-0.25, -0.2) is 14.8 Å². The van der Waals surface area contributed by atoms with E-state index >= 15 is 0 Å². The monoisotopic (exact) mass is 1750 g/mol. The van der Waals surface area contributed by atoms with Gasteiger partial charge in [0.25, 0.3) is 11.5 Å². The highest BCUT2D eigenvalue weighted by atomic mass is 32.1. The molecule has 3 rings (SSSR count). The van der Waals surface area contributed by atoms with E-state index in [2.05, 4.69) is 109 Å². The summed E-state index contributed by atoms with van der Waals surface area (Å²) in [6.45, 7) is -4.17. The van der Waals surface area contributed by atoms with E-state index in [0.717, 1.165) is 0 Å². The Morgan fingerprint density at radius 1 is 0.425 bits per heavy atom. The zero-order valence-corrected chi connectivity index (χ0v) is 66.1. The van der Waals surface area contributed by atoms with E-state index in [1.807, 2.05) is 0 Å². The van der Waals surface area contributed by atoms with Gasteiger partial charge >= 0.3 is 17.9 Å². The molecule has 0 aliphatic heterocycles. The molecule has 50 nitrogen and oxygen atoms in total. The van der Waals surface area contributed by atoms with Crippen molar-refractivity contribution >= 4 is 131 Å². The first-order valence-corrected chi connectivity index (χ1v) is 38.2. The van der Waals surface area contributed by atoms with Gasteiger partial charge in [0, 0.05) is 87.0 Å². The Balaban J connectivity index is 2.00. The number of hydrogen-bond donors (Lipinski definition) is 34. The number of carboxylic acids is 3. The van der Waals surface area contributed by atoms with Crippen LogP contribution in [0.5, 0.6) is 0 Å². The highest BCUT2D eigenvalue weighted by Crippen LogP contribution is 2.16. The van der Waals surface area contributed by atoms with Crippen LogP contribution in [0, 0.1) is 0 Å².